The predicted molar refractivity (Wildman–Crippen MR) is 74.5 cm³/mol. The van der Waals surface area contributed by atoms with Crippen molar-refractivity contribution < 1.29 is 9.90 Å². The molecule has 0 aliphatic rings. The van der Waals surface area contributed by atoms with Crippen molar-refractivity contribution in [2.24, 2.45) is 0 Å². The highest BCUT2D eigenvalue weighted by Crippen LogP contribution is 2.25. The van der Waals surface area contributed by atoms with Crippen LogP contribution in [0.15, 0.2) is 18.5 Å². The van der Waals surface area contributed by atoms with Crippen LogP contribution in [0.1, 0.15) is 33.2 Å². The molecule has 0 aromatic carbocycles. The lowest BCUT2D eigenvalue weighted by Crippen LogP contribution is -2.10. The van der Waals surface area contributed by atoms with E-state index in [1.807, 2.05) is 20.0 Å². The van der Waals surface area contributed by atoms with Crippen molar-refractivity contribution in [1.82, 2.24) is 9.97 Å². The molecule has 4 N–H and O–H groups in total. The van der Waals surface area contributed by atoms with Gasteiger partial charge in [-0.1, -0.05) is 0 Å². The van der Waals surface area contributed by atoms with Gasteiger partial charge in [-0.3, -0.25) is 0 Å². The Hall–Kier alpha value is -2.15. The van der Waals surface area contributed by atoms with Crippen molar-refractivity contribution in [2.75, 3.05) is 11.1 Å². The molecule has 2 aromatic heterocycles. The van der Waals surface area contributed by atoms with Crippen LogP contribution in [0, 0.1) is 6.92 Å². The number of thiazole rings is 1. The van der Waals surface area contributed by atoms with Gasteiger partial charge in [0.2, 0.25) is 0 Å². The van der Waals surface area contributed by atoms with Crippen LogP contribution in [0.25, 0.3) is 0 Å². The van der Waals surface area contributed by atoms with E-state index in [9.17, 15) is 4.79 Å². The van der Waals surface area contributed by atoms with Crippen LogP contribution in [0.5, 0.6) is 0 Å². The van der Waals surface area contributed by atoms with Gasteiger partial charge in [0.05, 0.1) is 17.3 Å². The molecule has 0 spiro atoms. The summed E-state index contributed by atoms with van der Waals surface area (Å²) in [5.74, 6) is -0.584. The average Bonchev–Trinajstić information content (AvgIpc) is 2.78. The molecule has 7 heteroatoms. The molecule has 2 heterocycles. The summed E-state index contributed by atoms with van der Waals surface area (Å²) < 4.78 is 0. The number of aryl methyl sites for hydroxylation is 1. The maximum atomic E-state index is 10.8. The molecule has 2 aromatic rings. The molecule has 1 atom stereocenters. The van der Waals surface area contributed by atoms with E-state index >= 15 is 0 Å². The van der Waals surface area contributed by atoms with Crippen molar-refractivity contribution in [1.29, 1.82) is 0 Å². The van der Waals surface area contributed by atoms with Crippen molar-refractivity contribution in [3.63, 3.8) is 0 Å². The van der Waals surface area contributed by atoms with Gasteiger partial charge < -0.3 is 16.2 Å². The molecular weight excluding hydrogens is 264 g/mol. The summed E-state index contributed by atoms with van der Waals surface area (Å²) in [5.41, 5.74) is 6.16. The number of hydrogen-bond acceptors (Lipinski definition) is 6. The maximum absolute atomic E-state index is 10.8. The van der Waals surface area contributed by atoms with Crippen LogP contribution < -0.4 is 11.1 Å². The molecule has 1 unspecified atom stereocenters. The van der Waals surface area contributed by atoms with Crippen molar-refractivity contribution in [3.05, 3.63) is 33.9 Å². The number of aromatic carboxylic acids is 1. The van der Waals surface area contributed by atoms with Gasteiger partial charge in [-0.2, -0.15) is 0 Å². The second-order valence-corrected chi connectivity index (χ2v) is 5.41. The zero-order valence-corrected chi connectivity index (χ0v) is 11.4. The summed E-state index contributed by atoms with van der Waals surface area (Å²) in [6.07, 6.45) is 3.09. The Balaban J connectivity index is 2.17. The summed E-state index contributed by atoms with van der Waals surface area (Å²) in [6, 6.07) is 1.35. The van der Waals surface area contributed by atoms with Gasteiger partial charge >= 0.3 is 5.97 Å². The number of anilines is 2. The number of nitrogens with zero attached hydrogens (tertiary/aromatic N) is 2. The SMILES string of the molecule is Cc1cnc(C(C)Nc2ncc(C(=O)O)cc2N)s1. The van der Waals surface area contributed by atoms with E-state index in [0.717, 1.165) is 9.88 Å². The number of rotatable bonds is 4. The monoisotopic (exact) mass is 278 g/mol. The normalized spacial score (nSPS) is 12.1. The fraction of sp³-hybridized carbons (Fsp3) is 0.250. The van der Waals surface area contributed by atoms with E-state index in [2.05, 4.69) is 15.3 Å². The molecule has 0 bridgehead atoms. The third-order valence-electron chi connectivity index (χ3n) is 2.53. The van der Waals surface area contributed by atoms with Crippen LogP contribution in [0.4, 0.5) is 11.5 Å². The number of aromatic nitrogens is 2. The number of nitrogens with one attached hydrogen (secondary N) is 1. The number of hydrogen-bond donors (Lipinski definition) is 3. The molecule has 2 rings (SSSR count). The van der Waals surface area contributed by atoms with Crippen molar-refractivity contribution in [2.45, 2.75) is 19.9 Å². The molecule has 0 radical (unpaired) electrons. The molecule has 0 fully saturated rings. The highest BCUT2D eigenvalue weighted by atomic mass is 32.1. The third-order valence-corrected chi connectivity index (χ3v) is 3.62. The van der Waals surface area contributed by atoms with Crippen LogP contribution in [-0.2, 0) is 0 Å². The van der Waals surface area contributed by atoms with Gasteiger partial charge in [0.25, 0.3) is 0 Å². The van der Waals surface area contributed by atoms with E-state index in [1.165, 1.54) is 12.3 Å². The molecular formula is C12H14N4O2S. The maximum Gasteiger partial charge on any atom is 0.337 e. The topological polar surface area (TPSA) is 101 Å². The van der Waals surface area contributed by atoms with Crippen molar-refractivity contribution >= 4 is 28.8 Å². The molecule has 100 valence electrons. The second kappa shape index (κ2) is 5.23. The summed E-state index contributed by atoms with van der Waals surface area (Å²) in [6.45, 7) is 3.94. The molecule has 0 saturated carbocycles. The Labute approximate surface area is 114 Å². The van der Waals surface area contributed by atoms with E-state index in [0.29, 0.717) is 11.5 Å². The molecule has 6 nitrogen and oxygen atoms in total. The van der Waals surface area contributed by atoms with Gasteiger partial charge in [0, 0.05) is 17.3 Å². The number of carboxylic acid groups (broad SMARTS) is 1. The first-order valence-corrected chi connectivity index (χ1v) is 6.46. The minimum absolute atomic E-state index is 0.0378. The Bertz CT molecular complexity index is 612. The average molecular weight is 278 g/mol. The van der Waals surface area contributed by atoms with E-state index < -0.39 is 5.97 Å². The van der Waals surface area contributed by atoms with Gasteiger partial charge in [0.1, 0.15) is 10.8 Å². The fourth-order valence-corrected chi connectivity index (χ4v) is 2.33. The Morgan fingerprint density at radius 2 is 2.21 bits per heavy atom. The van der Waals surface area contributed by atoms with Crippen LogP contribution in [0.2, 0.25) is 0 Å². The molecule has 0 aliphatic carbocycles. The van der Waals surface area contributed by atoms with E-state index in [1.54, 1.807) is 11.3 Å². The smallest absolute Gasteiger partial charge is 0.337 e. The first-order chi connectivity index (χ1) is 8.97. The standard InChI is InChI=1S/C12H14N4O2S/c1-6-4-15-11(19-6)7(2)16-10-9(13)3-8(5-14-10)12(17)18/h3-5,7H,13H2,1-2H3,(H,14,16)(H,17,18). The number of carbonyl (C=O) groups is 1. The molecule has 19 heavy (non-hydrogen) atoms. The van der Waals surface area contributed by atoms with Crippen LogP contribution in [-0.4, -0.2) is 21.0 Å². The number of nitrogens with two attached hydrogens (primary N) is 1. The zero-order chi connectivity index (χ0) is 14.0. The first kappa shape index (κ1) is 13.3. The fourth-order valence-electron chi connectivity index (χ4n) is 1.56. The highest BCUT2D eigenvalue weighted by Gasteiger charge is 2.13. The highest BCUT2D eigenvalue weighted by molar-refractivity contribution is 7.11. The lowest BCUT2D eigenvalue weighted by molar-refractivity contribution is 0.0696. The van der Waals surface area contributed by atoms with Gasteiger partial charge in [-0.25, -0.2) is 14.8 Å². The zero-order valence-electron chi connectivity index (χ0n) is 10.5. The summed E-state index contributed by atoms with van der Waals surface area (Å²) in [5, 5.41) is 12.9. The van der Waals surface area contributed by atoms with Crippen molar-refractivity contribution in [3.8, 4) is 0 Å². The number of carboxylic acids is 1. The number of nitrogen functional groups attached to an aromatic ring is 1. The minimum Gasteiger partial charge on any atom is -0.478 e. The van der Waals surface area contributed by atoms with Gasteiger partial charge in [-0.15, -0.1) is 11.3 Å². The molecule has 0 aliphatic heterocycles. The first-order valence-electron chi connectivity index (χ1n) is 5.65. The minimum atomic E-state index is -1.05. The summed E-state index contributed by atoms with van der Waals surface area (Å²) in [7, 11) is 0. The van der Waals surface area contributed by atoms with E-state index in [4.69, 9.17) is 10.8 Å². The second-order valence-electron chi connectivity index (χ2n) is 4.14. The third kappa shape index (κ3) is 3.00. The van der Waals surface area contributed by atoms with E-state index in [-0.39, 0.29) is 11.6 Å². The Kier molecular flexibility index (Phi) is 3.66. The lowest BCUT2D eigenvalue weighted by atomic mass is 10.2. The lowest BCUT2D eigenvalue weighted by Gasteiger charge is -2.13. The summed E-state index contributed by atoms with van der Waals surface area (Å²) >= 11 is 1.59. The quantitative estimate of drug-likeness (QED) is 0.793. The predicted octanol–water partition coefficient (Wildman–Crippen LogP) is 2.30. The molecule has 0 amide bonds. The summed E-state index contributed by atoms with van der Waals surface area (Å²) in [4.78, 5) is 20.2. The number of pyridine rings is 1. The van der Waals surface area contributed by atoms with Crippen LogP contribution in [0.3, 0.4) is 0 Å². The van der Waals surface area contributed by atoms with Gasteiger partial charge in [-0.05, 0) is 19.9 Å². The Morgan fingerprint density at radius 3 is 2.74 bits per heavy atom. The molecule has 0 saturated heterocycles. The van der Waals surface area contributed by atoms with Crippen LogP contribution >= 0.6 is 11.3 Å². The largest absolute Gasteiger partial charge is 0.478 e. The van der Waals surface area contributed by atoms with Gasteiger partial charge in [0.15, 0.2) is 0 Å². The Morgan fingerprint density at radius 1 is 1.47 bits per heavy atom.